The summed E-state index contributed by atoms with van der Waals surface area (Å²) in [7, 11) is 6.69. The number of aliphatic imine (C=N–C) groups is 1. The zero-order chi connectivity index (χ0) is 20.5. The third-order valence-electron chi connectivity index (χ3n) is 4.19. The molecule has 0 saturated heterocycles. The average molecular weight is 389 g/mol. The molecule has 0 aliphatic rings. The molecule has 2 aromatic rings. The summed E-state index contributed by atoms with van der Waals surface area (Å²) in [6, 6.07) is 10.7. The summed E-state index contributed by atoms with van der Waals surface area (Å²) in [5, 5.41) is 3.31. The van der Waals surface area contributed by atoms with Crippen LogP contribution >= 0.6 is 0 Å². The van der Waals surface area contributed by atoms with Gasteiger partial charge in [0.25, 0.3) is 0 Å². The molecule has 0 aromatic heterocycles. The Kier molecular flexibility index (Phi) is 7.92. The maximum Gasteiger partial charge on any atom is 0.193 e. The average Bonchev–Trinajstić information content (AvgIpc) is 2.69. The van der Waals surface area contributed by atoms with Crippen LogP contribution < -0.4 is 19.5 Å². The van der Waals surface area contributed by atoms with Gasteiger partial charge < -0.3 is 24.4 Å². The van der Waals surface area contributed by atoms with Crippen LogP contribution in [0.2, 0.25) is 0 Å². The first-order chi connectivity index (χ1) is 13.5. The van der Waals surface area contributed by atoms with Gasteiger partial charge in [0, 0.05) is 27.2 Å². The monoisotopic (exact) mass is 389 g/mol. The summed E-state index contributed by atoms with van der Waals surface area (Å²) in [4.78, 5) is 6.23. The Morgan fingerprint density at radius 1 is 1.04 bits per heavy atom. The molecular formula is C21H28FN3O3. The second kappa shape index (κ2) is 10.4. The van der Waals surface area contributed by atoms with E-state index in [1.54, 1.807) is 20.2 Å². The van der Waals surface area contributed by atoms with E-state index in [4.69, 9.17) is 14.2 Å². The maximum absolute atomic E-state index is 13.9. The van der Waals surface area contributed by atoms with Crippen molar-refractivity contribution < 1.29 is 18.6 Å². The van der Waals surface area contributed by atoms with Gasteiger partial charge in [-0.1, -0.05) is 12.1 Å². The minimum atomic E-state index is -0.377. The Morgan fingerprint density at radius 3 is 2.32 bits per heavy atom. The largest absolute Gasteiger partial charge is 0.494 e. The van der Waals surface area contributed by atoms with E-state index in [0.29, 0.717) is 37.2 Å². The molecule has 152 valence electrons. The standard InChI is InChI=1S/C21H28FN3O3/c1-6-28-20-12-15(7-10-19(20)27-5)13-24-21(23-2)25(3)14-16-8-9-18(26-4)17(22)11-16/h7-12H,6,13-14H2,1-5H3,(H,23,24). The molecule has 1 N–H and O–H groups in total. The molecular weight excluding hydrogens is 361 g/mol. The number of guanidine groups is 1. The predicted molar refractivity (Wildman–Crippen MR) is 109 cm³/mol. The van der Waals surface area contributed by atoms with Crippen molar-refractivity contribution in [2.75, 3.05) is 34.9 Å². The van der Waals surface area contributed by atoms with Gasteiger partial charge in [-0.15, -0.1) is 0 Å². The first-order valence-corrected chi connectivity index (χ1v) is 9.06. The number of hydrogen-bond donors (Lipinski definition) is 1. The summed E-state index contributed by atoms with van der Waals surface area (Å²) < 4.78 is 29.8. The molecule has 28 heavy (non-hydrogen) atoms. The minimum absolute atomic E-state index is 0.235. The highest BCUT2D eigenvalue weighted by Crippen LogP contribution is 2.28. The molecule has 6 nitrogen and oxygen atoms in total. The fourth-order valence-electron chi connectivity index (χ4n) is 2.82. The van der Waals surface area contributed by atoms with Crippen LogP contribution in [0.25, 0.3) is 0 Å². The van der Waals surface area contributed by atoms with Crippen molar-refractivity contribution in [2.24, 2.45) is 4.99 Å². The van der Waals surface area contributed by atoms with E-state index >= 15 is 0 Å². The number of rotatable bonds is 8. The van der Waals surface area contributed by atoms with Gasteiger partial charge in [-0.25, -0.2) is 4.39 Å². The van der Waals surface area contributed by atoms with Gasteiger partial charge >= 0.3 is 0 Å². The van der Waals surface area contributed by atoms with Crippen LogP contribution in [-0.4, -0.2) is 45.8 Å². The minimum Gasteiger partial charge on any atom is -0.494 e. The zero-order valence-corrected chi connectivity index (χ0v) is 17.1. The van der Waals surface area contributed by atoms with E-state index in [-0.39, 0.29) is 11.6 Å². The lowest BCUT2D eigenvalue weighted by Gasteiger charge is -2.22. The predicted octanol–water partition coefficient (Wildman–Crippen LogP) is 3.45. The van der Waals surface area contributed by atoms with Gasteiger partial charge in [0.15, 0.2) is 29.0 Å². The fourth-order valence-corrected chi connectivity index (χ4v) is 2.82. The molecule has 0 heterocycles. The number of benzene rings is 2. The van der Waals surface area contributed by atoms with E-state index in [9.17, 15) is 4.39 Å². The SMILES string of the molecule is CCOc1cc(CNC(=NC)N(C)Cc2ccc(OC)c(F)c2)ccc1OC. The van der Waals surface area contributed by atoms with Gasteiger partial charge in [-0.2, -0.15) is 0 Å². The molecule has 0 amide bonds. The summed E-state index contributed by atoms with van der Waals surface area (Å²) in [5.74, 6) is 1.97. The highest BCUT2D eigenvalue weighted by atomic mass is 19.1. The Bertz CT molecular complexity index is 811. The first-order valence-electron chi connectivity index (χ1n) is 9.06. The number of nitrogens with zero attached hydrogens (tertiary/aromatic N) is 2. The van der Waals surface area contributed by atoms with Gasteiger partial charge in [-0.05, 0) is 42.3 Å². The van der Waals surface area contributed by atoms with Crippen molar-refractivity contribution in [3.8, 4) is 17.2 Å². The molecule has 0 aliphatic carbocycles. The van der Waals surface area contributed by atoms with Crippen molar-refractivity contribution >= 4 is 5.96 Å². The van der Waals surface area contributed by atoms with Gasteiger partial charge in [0.05, 0.1) is 20.8 Å². The maximum atomic E-state index is 13.9. The van der Waals surface area contributed by atoms with Gasteiger partial charge in [0.2, 0.25) is 0 Å². The molecule has 0 fully saturated rings. The van der Waals surface area contributed by atoms with Crippen LogP contribution in [0, 0.1) is 5.82 Å². The van der Waals surface area contributed by atoms with Crippen molar-refractivity contribution in [3.05, 3.63) is 53.3 Å². The van der Waals surface area contributed by atoms with Crippen molar-refractivity contribution in [3.63, 3.8) is 0 Å². The second-order valence-corrected chi connectivity index (χ2v) is 6.14. The molecule has 0 unspecified atom stereocenters. The summed E-state index contributed by atoms with van der Waals surface area (Å²) >= 11 is 0. The van der Waals surface area contributed by atoms with Crippen LogP contribution in [0.3, 0.4) is 0 Å². The zero-order valence-electron chi connectivity index (χ0n) is 17.1. The van der Waals surface area contributed by atoms with Crippen molar-refractivity contribution in [1.82, 2.24) is 10.2 Å². The Hall–Kier alpha value is -2.96. The normalized spacial score (nSPS) is 11.1. The summed E-state index contributed by atoms with van der Waals surface area (Å²) in [5.41, 5.74) is 1.86. The third-order valence-corrected chi connectivity index (χ3v) is 4.19. The topological polar surface area (TPSA) is 55.3 Å². The molecule has 0 atom stereocenters. The molecule has 0 bridgehead atoms. The number of hydrogen-bond acceptors (Lipinski definition) is 4. The van der Waals surface area contributed by atoms with Crippen LogP contribution in [0.5, 0.6) is 17.2 Å². The molecule has 2 aromatic carbocycles. The van der Waals surface area contributed by atoms with E-state index < -0.39 is 0 Å². The Balaban J connectivity index is 2.02. The molecule has 2 rings (SSSR count). The molecule has 7 heteroatoms. The Labute approximate surface area is 165 Å². The lowest BCUT2D eigenvalue weighted by Crippen LogP contribution is -2.38. The van der Waals surface area contributed by atoms with E-state index in [0.717, 1.165) is 11.1 Å². The Morgan fingerprint density at radius 2 is 1.71 bits per heavy atom. The molecule has 0 saturated carbocycles. The van der Waals surface area contributed by atoms with E-state index in [1.807, 2.05) is 43.1 Å². The van der Waals surface area contributed by atoms with Crippen molar-refractivity contribution in [1.29, 1.82) is 0 Å². The van der Waals surface area contributed by atoms with Crippen molar-refractivity contribution in [2.45, 2.75) is 20.0 Å². The highest BCUT2D eigenvalue weighted by Gasteiger charge is 2.10. The molecule has 0 aliphatic heterocycles. The lowest BCUT2D eigenvalue weighted by atomic mass is 10.2. The summed E-state index contributed by atoms with van der Waals surface area (Å²) in [6.07, 6.45) is 0. The van der Waals surface area contributed by atoms with Crippen LogP contribution in [-0.2, 0) is 13.1 Å². The van der Waals surface area contributed by atoms with Gasteiger partial charge in [0.1, 0.15) is 0 Å². The van der Waals surface area contributed by atoms with Crippen LogP contribution in [0.15, 0.2) is 41.4 Å². The number of halogens is 1. The van der Waals surface area contributed by atoms with Crippen LogP contribution in [0.1, 0.15) is 18.1 Å². The quantitative estimate of drug-likeness (QED) is 0.554. The second-order valence-electron chi connectivity index (χ2n) is 6.14. The smallest absolute Gasteiger partial charge is 0.193 e. The van der Waals surface area contributed by atoms with Crippen LogP contribution in [0.4, 0.5) is 4.39 Å². The number of nitrogens with one attached hydrogen (secondary N) is 1. The fraction of sp³-hybridized carbons (Fsp3) is 0.381. The number of ether oxygens (including phenoxy) is 3. The third kappa shape index (κ3) is 5.52. The van der Waals surface area contributed by atoms with Gasteiger partial charge in [-0.3, -0.25) is 4.99 Å². The lowest BCUT2D eigenvalue weighted by molar-refractivity contribution is 0.310. The molecule has 0 radical (unpaired) electrons. The summed E-state index contributed by atoms with van der Waals surface area (Å²) in [6.45, 7) is 3.57. The first kappa shape index (κ1) is 21.3. The molecule has 0 spiro atoms. The number of methoxy groups -OCH3 is 2. The van der Waals surface area contributed by atoms with E-state index in [2.05, 4.69) is 10.3 Å². The van der Waals surface area contributed by atoms with E-state index in [1.165, 1.54) is 13.2 Å². The highest BCUT2D eigenvalue weighted by molar-refractivity contribution is 5.79.